The van der Waals surface area contributed by atoms with E-state index in [0.717, 1.165) is 44.6 Å². The molecule has 5 nitrogen and oxygen atoms in total. The van der Waals surface area contributed by atoms with Crippen molar-refractivity contribution in [1.29, 1.82) is 0 Å². The highest BCUT2D eigenvalue weighted by Gasteiger charge is 2.30. The Hall–Kier alpha value is -3.13. The first-order valence-corrected chi connectivity index (χ1v) is 10.7. The van der Waals surface area contributed by atoms with Gasteiger partial charge in [0.15, 0.2) is 0 Å². The van der Waals surface area contributed by atoms with Crippen LogP contribution in [-0.2, 0) is 19.3 Å². The fourth-order valence-electron chi connectivity index (χ4n) is 3.87. The Morgan fingerprint density at radius 2 is 1.59 bits per heavy atom. The molecule has 1 aliphatic heterocycles. The zero-order valence-electron chi connectivity index (χ0n) is 17.6. The van der Waals surface area contributed by atoms with Crippen LogP contribution < -0.4 is 10.6 Å². The summed E-state index contributed by atoms with van der Waals surface area (Å²) in [6, 6.07) is 17.9. The standard InChI is InChI=1S/C24H26F3N5/c25-24(26,27)20-8-4-7-19(13-20)15-28-22-14-23(30-17-29-22)31-21-9-11-32(12-10-21)16-18-5-2-1-3-6-18/h1-8,13-14,17,21H,9-12,15-16H2,(H2,28,29,30,31). The second-order valence-electron chi connectivity index (χ2n) is 8.02. The van der Waals surface area contributed by atoms with Crippen molar-refractivity contribution >= 4 is 11.6 Å². The molecule has 32 heavy (non-hydrogen) atoms. The Labute approximate surface area is 185 Å². The first-order valence-electron chi connectivity index (χ1n) is 10.7. The van der Waals surface area contributed by atoms with E-state index in [0.29, 0.717) is 23.2 Å². The zero-order valence-corrected chi connectivity index (χ0v) is 17.6. The molecule has 1 saturated heterocycles. The van der Waals surface area contributed by atoms with Gasteiger partial charge >= 0.3 is 6.18 Å². The number of hydrogen-bond acceptors (Lipinski definition) is 5. The lowest BCUT2D eigenvalue weighted by atomic mass is 10.0. The summed E-state index contributed by atoms with van der Waals surface area (Å²) < 4.78 is 38.7. The molecule has 0 spiro atoms. The quantitative estimate of drug-likeness (QED) is 0.529. The molecule has 168 valence electrons. The van der Waals surface area contributed by atoms with Gasteiger partial charge in [-0.15, -0.1) is 0 Å². The zero-order chi connectivity index (χ0) is 22.4. The minimum absolute atomic E-state index is 0.248. The number of rotatable bonds is 7. The van der Waals surface area contributed by atoms with Crippen molar-refractivity contribution in [2.45, 2.75) is 38.1 Å². The summed E-state index contributed by atoms with van der Waals surface area (Å²) >= 11 is 0. The average Bonchev–Trinajstić information content (AvgIpc) is 2.80. The largest absolute Gasteiger partial charge is 0.416 e. The summed E-state index contributed by atoms with van der Waals surface area (Å²) in [6.45, 7) is 3.24. The Kier molecular flexibility index (Phi) is 6.90. The third-order valence-corrected chi connectivity index (χ3v) is 5.58. The van der Waals surface area contributed by atoms with Gasteiger partial charge in [-0.1, -0.05) is 42.5 Å². The van der Waals surface area contributed by atoms with Crippen LogP contribution in [0.25, 0.3) is 0 Å². The molecule has 0 aliphatic carbocycles. The highest BCUT2D eigenvalue weighted by atomic mass is 19.4. The van der Waals surface area contributed by atoms with Crippen LogP contribution in [-0.4, -0.2) is 34.0 Å². The van der Waals surface area contributed by atoms with Crippen LogP contribution in [0.2, 0.25) is 0 Å². The summed E-state index contributed by atoms with van der Waals surface area (Å²) in [6.07, 6.45) is -0.853. The fraction of sp³-hybridized carbons (Fsp3) is 0.333. The van der Waals surface area contributed by atoms with Crippen molar-refractivity contribution in [3.8, 4) is 0 Å². The molecule has 2 aromatic carbocycles. The number of likely N-dealkylation sites (tertiary alicyclic amines) is 1. The van der Waals surface area contributed by atoms with E-state index in [1.54, 1.807) is 12.1 Å². The maximum absolute atomic E-state index is 12.9. The first kappa shape index (κ1) is 22.1. The predicted octanol–water partition coefficient (Wildman–Crippen LogP) is 5.18. The summed E-state index contributed by atoms with van der Waals surface area (Å²) in [5, 5.41) is 6.55. The molecule has 0 atom stereocenters. The molecule has 0 saturated carbocycles. The van der Waals surface area contributed by atoms with Gasteiger partial charge in [0.2, 0.25) is 0 Å². The number of aromatic nitrogens is 2. The van der Waals surface area contributed by atoms with Crippen molar-refractivity contribution in [3.05, 3.63) is 83.7 Å². The van der Waals surface area contributed by atoms with Crippen LogP contribution in [0.1, 0.15) is 29.5 Å². The number of alkyl halides is 3. The highest BCUT2D eigenvalue weighted by molar-refractivity contribution is 5.47. The molecule has 4 rings (SSSR count). The minimum atomic E-state index is -4.35. The third-order valence-electron chi connectivity index (χ3n) is 5.58. The summed E-state index contributed by atoms with van der Waals surface area (Å²) in [4.78, 5) is 10.9. The SMILES string of the molecule is FC(F)(F)c1cccc(CNc2cc(NC3CCN(Cc4ccccc4)CC3)ncn2)c1. The molecule has 2 N–H and O–H groups in total. The van der Waals surface area contributed by atoms with Crippen molar-refractivity contribution in [1.82, 2.24) is 14.9 Å². The van der Waals surface area contributed by atoms with Gasteiger partial charge in [-0.2, -0.15) is 13.2 Å². The molecule has 1 fully saturated rings. The lowest BCUT2D eigenvalue weighted by Crippen LogP contribution is -2.38. The van der Waals surface area contributed by atoms with Gasteiger partial charge in [0.25, 0.3) is 0 Å². The number of benzene rings is 2. The van der Waals surface area contributed by atoms with Crippen LogP contribution in [0.5, 0.6) is 0 Å². The summed E-state index contributed by atoms with van der Waals surface area (Å²) in [5.74, 6) is 1.29. The molecule has 3 aromatic rings. The van der Waals surface area contributed by atoms with E-state index in [2.05, 4.69) is 49.8 Å². The topological polar surface area (TPSA) is 53.1 Å². The number of nitrogens with zero attached hydrogens (tertiary/aromatic N) is 3. The summed E-state index contributed by atoms with van der Waals surface area (Å²) in [5.41, 5.74) is 1.21. The Balaban J connectivity index is 1.27. The van der Waals surface area contributed by atoms with Gasteiger partial charge in [0, 0.05) is 38.3 Å². The van der Waals surface area contributed by atoms with E-state index in [-0.39, 0.29) is 6.54 Å². The highest BCUT2D eigenvalue weighted by Crippen LogP contribution is 2.29. The van der Waals surface area contributed by atoms with E-state index in [9.17, 15) is 13.2 Å². The Morgan fingerprint density at radius 3 is 2.34 bits per heavy atom. The predicted molar refractivity (Wildman–Crippen MR) is 119 cm³/mol. The van der Waals surface area contributed by atoms with Gasteiger partial charge < -0.3 is 10.6 Å². The first-order chi connectivity index (χ1) is 15.5. The Bertz CT molecular complexity index is 1000. The van der Waals surface area contributed by atoms with Crippen LogP contribution in [0.4, 0.5) is 24.8 Å². The molecule has 8 heteroatoms. The van der Waals surface area contributed by atoms with Crippen molar-refractivity contribution in [2.24, 2.45) is 0 Å². The molecule has 0 radical (unpaired) electrons. The average molecular weight is 442 g/mol. The van der Waals surface area contributed by atoms with Gasteiger partial charge in [0.05, 0.1) is 5.56 Å². The van der Waals surface area contributed by atoms with Crippen molar-refractivity contribution in [3.63, 3.8) is 0 Å². The molecular weight excluding hydrogens is 415 g/mol. The second-order valence-corrected chi connectivity index (χ2v) is 8.02. The van der Waals surface area contributed by atoms with E-state index >= 15 is 0 Å². The summed E-state index contributed by atoms with van der Waals surface area (Å²) in [7, 11) is 0. The lowest BCUT2D eigenvalue weighted by Gasteiger charge is -2.32. The van der Waals surface area contributed by atoms with E-state index in [4.69, 9.17) is 0 Å². The van der Waals surface area contributed by atoms with Crippen molar-refractivity contribution in [2.75, 3.05) is 23.7 Å². The molecule has 2 heterocycles. The number of nitrogens with one attached hydrogen (secondary N) is 2. The normalized spacial score (nSPS) is 15.5. The molecule has 1 aliphatic rings. The van der Waals surface area contributed by atoms with Crippen molar-refractivity contribution < 1.29 is 13.2 Å². The fourth-order valence-corrected chi connectivity index (χ4v) is 3.87. The van der Waals surface area contributed by atoms with E-state index in [1.165, 1.54) is 18.0 Å². The monoisotopic (exact) mass is 441 g/mol. The van der Waals surface area contributed by atoms with E-state index < -0.39 is 11.7 Å². The number of piperidine rings is 1. The van der Waals surface area contributed by atoms with Gasteiger partial charge in [-0.3, -0.25) is 4.90 Å². The van der Waals surface area contributed by atoms with Gasteiger partial charge in [-0.25, -0.2) is 9.97 Å². The van der Waals surface area contributed by atoms with Crippen LogP contribution in [0.3, 0.4) is 0 Å². The lowest BCUT2D eigenvalue weighted by molar-refractivity contribution is -0.137. The molecule has 1 aromatic heterocycles. The smallest absolute Gasteiger partial charge is 0.367 e. The Morgan fingerprint density at radius 1 is 0.875 bits per heavy atom. The molecule has 0 amide bonds. The maximum Gasteiger partial charge on any atom is 0.416 e. The van der Waals surface area contributed by atoms with Gasteiger partial charge in [0.1, 0.15) is 18.0 Å². The van der Waals surface area contributed by atoms with E-state index in [1.807, 2.05) is 6.07 Å². The van der Waals surface area contributed by atoms with Crippen LogP contribution in [0, 0.1) is 0 Å². The minimum Gasteiger partial charge on any atom is -0.367 e. The molecule has 0 bridgehead atoms. The number of halogens is 3. The third kappa shape index (κ3) is 6.20. The second kappa shape index (κ2) is 9.99. The number of hydrogen-bond donors (Lipinski definition) is 2. The molecular formula is C24H26F3N5. The van der Waals surface area contributed by atoms with Gasteiger partial charge in [-0.05, 0) is 36.1 Å². The van der Waals surface area contributed by atoms with Crippen LogP contribution >= 0.6 is 0 Å². The maximum atomic E-state index is 12.9. The van der Waals surface area contributed by atoms with Crippen LogP contribution in [0.15, 0.2) is 67.0 Å². The molecule has 0 unspecified atom stereocenters. The number of anilines is 2.